The van der Waals surface area contributed by atoms with Gasteiger partial charge in [0.15, 0.2) is 9.84 Å². The van der Waals surface area contributed by atoms with Crippen molar-refractivity contribution in [2.75, 3.05) is 18.1 Å². The quantitative estimate of drug-likeness (QED) is 0.626. The summed E-state index contributed by atoms with van der Waals surface area (Å²) in [5, 5.41) is 3.28. The average Bonchev–Trinajstić information content (AvgIpc) is 3.25. The Bertz CT molecular complexity index is 912. The fourth-order valence-corrected chi connectivity index (χ4v) is 5.76. The van der Waals surface area contributed by atoms with Gasteiger partial charge in [-0.05, 0) is 37.1 Å². The van der Waals surface area contributed by atoms with Crippen LogP contribution in [0.2, 0.25) is 5.02 Å². The summed E-state index contributed by atoms with van der Waals surface area (Å²) >= 11 is 7.30. The van der Waals surface area contributed by atoms with Crippen molar-refractivity contribution in [3.8, 4) is 5.75 Å². The minimum Gasteiger partial charge on any atom is -0.486 e. The fraction of sp³-hybridized carbons (Fsp3) is 0.474. The Morgan fingerprint density at radius 2 is 2.11 bits per heavy atom. The van der Waals surface area contributed by atoms with Gasteiger partial charge in [0.05, 0.1) is 23.6 Å². The van der Waals surface area contributed by atoms with Crippen molar-refractivity contribution in [1.82, 2.24) is 9.88 Å². The largest absolute Gasteiger partial charge is 0.486 e. The molecule has 1 unspecified atom stereocenters. The van der Waals surface area contributed by atoms with Gasteiger partial charge < -0.3 is 9.64 Å². The summed E-state index contributed by atoms with van der Waals surface area (Å²) in [7, 11) is -3.03. The van der Waals surface area contributed by atoms with Crippen molar-refractivity contribution in [2.24, 2.45) is 0 Å². The Labute approximate surface area is 174 Å². The van der Waals surface area contributed by atoms with E-state index in [2.05, 4.69) is 4.98 Å². The highest BCUT2D eigenvalue weighted by Gasteiger charge is 2.34. The number of carbonyl (C=O) groups is 1. The van der Waals surface area contributed by atoms with Gasteiger partial charge in [-0.15, -0.1) is 11.3 Å². The molecule has 1 aliphatic heterocycles. The number of nitrogens with zero attached hydrogens (tertiary/aromatic N) is 2. The normalized spacial score (nSPS) is 18.1. The summed E-state index contributed by atoms with van der Waals surface area (Å²) in [5.74, 6) is 0.859. The Morgan fingerprint density at radius 3 is 2.75 bits per heavy atom. The van der Waals surface area contributed by atoms with Crippen LogP contribution in [0, 0.1) is 0 Å². The van der Waals surface area contributed by atoms with Crippen LogP contribution < -0.4 is 4.74 Å². The fourth-order valence-electron chi connectivity index (χ4n) is 3.20. The molecule has 1 saturated heterocycles. The third-order valence-electron chi connectivity index (χ3n) is 4.54. The van der Waals surface area contributed by atoms with E-state index in [9.17, 15) is 13.2 Å². The zero-order chi connectivity index (χ0) is 20.1. The van der Waals surface area contributed by atoms with E-state index in [1.807, 2.05) is 12.3 Å². The zero-order valence-electron chi connectivity index (χ0n) is 15.6. The first-order chi connectivity index (χ1) is 13.4. The monoisotopic (exact) mass is 442 g/mol. The van der Waals surface area contributed by atoms with Crippen molar-refractivity contribution in [1.29, 1.82) is 0 Å². The molecule has 1 atom stereocenters. The zero-order valence-corrected chi connectivity index (χ0v) is 18.0. The topological polar surface area (TPSA) is 76.6 Å². The summed E-state index contributed by atoms with van der Waals surface area (Å²) in [6.45, 7) is 2.87. The molecule has 0 bridgehead atoms. The molecule has 1 fully saturated rings. The predicted molar refractivity (Wildman–Crippen MR) is 111 cm³/mol. The second-order valence-corrected chi connectivity index (χ2v) is 10.4. The molecule has 0 aliphatic carbocycles. The number of benzene rings is 1. The van der Waals surface area contributed by atoms with Crippen LogP contribution in [0.3, 0.4) is 0 Å². The van der Waals surface area contributed by atoms with Gasteiger partial charge in [-0.25, -0.2) is 13.4 Å². The molecular weight excluding hydrogens is 420 g/mol. The first-order valence-electron chi connectivity index (χ1n) is 9.18. The number of rotatable bonds is 8. The lowest BCUT2D eigenvalue weighted by atomic mass is 10.2. The molecule has 0 N–H and O–H groups in total. The van der Waals surface area contributed by atoms with Gasteiger partial charge in [0.1, 0.15) is 17.4 Å². The SMILES string of the molecule is CCCN(C(=O)Cc1csc(COc2ccc(Cl)cc2)n1)C1CCS(=O)(=O)C1. The Hall–Kier alpha value is -1.64. The van der Waals surface area contributed by atoms with E-state index in [1.54, 1.807) is 29.2 Å². The molecule has 0 radical (unpaired) electrons. The number of thiazole rings is 1. The van der Waals surface area contributed by atoms with E-state index in [-0.39, 0.29) is 29.9 Å². The molecule has 3 rings (SSSR count). The Kier molecular flexibility index (Phi) is 6.95. The van der Waals surface area contributed by atoms with Crippen LogP contribution >= 0.6 is 22.9 Å². The first-order valence-corrected chi connectivity index (χ1v) is 12.3. The Balaban J connectivity index is 1.58. The maximum Gasteiger partial charge on any atom is 0.228 e. The highest BCUT2D eigenvalue weighted by atomic mass is 35.5. The molecule has 2 heterocycles. The Morgan fingerprint density at radius 1 is 1.36 bits per heavy atom. The molecule has 28 heavy (non-hydrogen) atoms. The molecule has 1 aromatic heterocycles. The third-order valence-corrected chi connectivity index (χ3v) is 7.42. The predicted octanol–water partition coefficient (Wildman–Crippen LogP) is 3.34. The van der Waals surface area contributed by atoms with E-state index in [0.717, 1.165) is 11.4 Å². The van der Waals surface area contributed by atoms with Crippen LogP contribution in [-0.2, 0) is 27.7 Å². The van der Waals surface area contributed by atoms with Crippen LogP contribution in [0.5, 0.6) is 5.75 Å². The van der Waals surface area contributed by atoms with Crippen LogP contribution in [0.1, 0.15) is 30.5 Å². The lowest BCUT2D eigenvalue weighted by molar-refractivity contribution is -0.132. The van der Waals surface area contributed by atoms with Gasteiger partial charge in [0.2, 0.25) is 5.91 Å². The van der Waals surface area contributed by atoms with Crippen molar-refractivity contribution in [2.45, 2.75) is 38.8 Å². The van der Waals surface area contributed by atoms with Crippen LogP contribution in [0.25, 0.3) is 0 Å². The van der Waals surface area contributed by atoms with Gasteiger partial charge in [-0.1, -0.05) is 18.5 Å². The summed E-state index contributed by atoms with van der Waals surface area (Å²) < 4.78 is 29.2. The van der Waals surface area contributed by atoms with Crippen LogP contribution in [0.15, 0.2) is 29.6 Å². The lowest BCUT2D eigenvalue weighted by Crippen LogP contribution is -2.42. The van der Waals surface area contributed by atoms with Crippen molar-refractivity contribution < 1.29 is 17.9 Å². The molecule has 1 aromatic carbocycles. The summed E-state index contributed by atoms with van der Waals surface area (Å²) in [6, 6.07) is 6.88. The van der Waals surface area contributed by atoms with Crippen molar-refractivity contribution >= 4 is 38.7 Å². The van der Waals surface area contributed by atoms with Crippen LogP contribution in [0.4, 0.5) is 0 Å². The van der Waals surface area contributed by atoms with Crippen molar-refractivity contribution in [3.63, 3.8) is 0 Å². The second-order valence-electron chi connectivity index (χ2n) is 6.80. The van der Waals surface area contributed by atoms with Crippen molar-refractivity contribution in [3.05, 3.63) is 45.4 Å². The maximum absolute atomic E-state index is 12.8. The molecule has 0 spiro atoms. The molecule has 152 valence electrons. The van der Waals surface area contributed by atoms with E-state index in [0.29, 0.717) is 36.0 Å². The van der Waals surface area contributed by atoms with Crippen LogP contribution in [-0.4, -0.2) is 48.3 Å². The highest BCUT2D eigenvalue weighted by Crippen LogP contribution is 2.21. The minimum absolute atomic E-state index is 0.0655. The number of halogens is 1. The van der Waals surface area contributed by atoms with E-state index in [4.69, 9.17) is 16.3 Å². The van der Waals surface area contributed by atoms with Gasteiger partial charge in [0, 0.05) is 23.0 Å². The first kappa shape index (κ1) is 21.1. The number of hydrogen-bond acceptors (Lipinski definition) is 6. The molecule has 2 aromatic rings. The smallest absolute Gasteiger partial charge is 0.228 e. The molecule has 6 nitrogen and oxygen atoms in total. The number of aromatic nitrogens is 1. The molecule has 1 aliphatic rings. The van der Waals surface area contributed by atoms with E-state index < -0.39 is 9.84 Å². The van der Waals surface area contributed by atoms with E-state index >= 15 is 0 Å². The highest BCUT2D eigenvalue weighted by molar-refractivity contribution is 7.91. The van der Waals surface area contributed by atoms with Gasteiger partial charge in [0.25, 0.3) is 0 Å². The standard InChI is InChI=1S/C19H23ClN2O4S2/c1-2-8-22(16-7-9-28(24,25)13-16)19(23)10-15-12-27-18(21-15)11-26-17-5-3-14(20)4-6-17/h3-6,12,16H,2,7-11,13H2,1H3. The van der Waals surface area contributed by atoms with E-state index in [1.165, 1.54) is 11.3 Å². The number of ether oxygens (including phenoxy) is 1. The molecular formula is C19H23ClN2O4S2. The number of sulfone groups is 1. The molecule has 1 amide bonds. The number of hydrogen-bond donors (Lipinski definition) is 0. The van der Waals surface area contributed by atoms with Gasteiger partial charge in [-0.3, -0.25) is 4.79 Å². The summed E-state index contributed by atoms with van der Waals surface area (Å²) in [4.78, 5) is 19.0. The third kappa shape index (κ3) is 5.68. The summed E-state index contributed by atoms with van der Waals surface area (Å²) in [5.41, 5.74) is 0.687. The maximum atomic E-state index is 12.8. The minimum atomic E-state index is -3.03. The number of carbonyl (C=O) groups excluding carboxylic acids is 1. The second kappa shape index (κ2) is 9.24. The molecule has 0 saturated carbocycles. The summed E-state index contributed by atoms with van der Waals surface area (Å²) in [6.07, 6.45) is 1.48. The average molecular weight is 443 g/mol. The van der Waals surface area contributed by atoms with Gasteiger partial charge in [-0.2, -0.15) is 0 Å². The molecule has 9 heteroatoms. The van der Waals surface area contributed by atoms with Gasteiger partial charge >= 0.3 is 0 Å². The number of amides is 1. The lowest BCUT2D eigenvalue weighted by Gasteiger charge is -2.27.